The normalized spacial score (nSPS) is 11.0. The molecule has 1 aromatic rings. The second-order valence-electron chi connectivity index (χ2n) is 4.94. The highest BCUT2D eigenvalue weighted by molar-refractivity contribution is 7.89. The molecule has 126 valence electrons. The number of anilines is 2. The molecule has 0 spiro atoms. The summed E-state index contributed by atoms with van der Waals surface area (Å²) in [5, 5.41) is 5.47. The molecule has 0 unspecified atom stereocenters. The Bertz CT molecular complexity index is 618. The first kappa shape index (κ1) is 20.6. The van der Waals surface area contributed by atoms with Crippen molar-refractivity contribution >= 4 is 39.7 Å². The zero-order chi connectivity index (χ0) is 16.2. The molecule has 1 aromatic carbocycles. The van der Waals surface area contributed by atoms with E-state index in [0.29, 0.717) is 5.69 Å². The number of amides is 1. The van der Waals surface area contributed by atoms with Gasteiger partial charge < -0.3 is 15.5 Å². The number of sulfonamides is 1. The Morgan fingerprint density at radius 1 is 1.18 bits per heavy atom. The van der Waals surface area contributed by atoms with Gasteiger partial charge >= 0.3 is 0 Å². The van der Waals surface area contributed by atoms with Crippen LogP contribution in [0.4, 0.5) is 11.4 Å². The van der Waals surface area contributed by atoms with Gasteiger partial charge in [0.05, 0.1) is 22.8 Å². The molecule has 0 aliphatic heterocycles. The number of nitrogens with zero attached hydrogens (tertiary/aromatic N) is 2. The van der Waals surface area contributed by atoms with E-state index in [2.05, 4.69) is 10.6 Å². The minimum absolute atomic E-state index is 0. The van der Waals surface area contributed by atoms with Crippen LogP contribution in [-0.4, -0.2) is 60.4 Å². The lowest BCUT2D eigenvalue weighted by atomic mass is 10.2. The topological polar surface area (TPSA) is 81.8 Å². The Morgan fingerprint density at radius 2 is 1.77 bits per heavy atom. The van der Waals surface area contributed by atoms with Crippen molar-refractivity contribution in [3.05, 3.63) is 18.2 Å². The average molecular weight is 351 g/mol. The summed E-state index contributed by atoms with van der Waals surface area (Å²) in [4.78, 5) is 13.7. The highest BCUT2D eigenvalue weighted by atomic mass is 35.5. The lowest BCUT2D eigenvalue weighted by Crippen LogP contribution is -2.27. The Morgan fingerprint density at radius 3 is 2.23 bits per heavy atom. The molecule has 0 fully saturated rings. The molecule has 1 rings (SSSR count). The predicted molar refractivity (Wildman–Crippen MR) is 91.4 cm³/mol. The van der Waals surface area contributed by atoms with Crippen LogP contribution >= 0.6 is 12.4 Å². The molecule has 0 atom stereocenters. The maximum atomic E-state index is 12.2. The van der Waals surface area contributed by atoms with E-state index in [-0.39, 0.29) is 29.8 Å². The summed E-state index contributed by atoms with van der Waals surface area (Å²) in [5.41, 5.74) is 1.19. The van der Waals surface area contributed by atoms with Crippen LogP contribution in [0.5, 0.6) is 0 Å². The summed E-state index contributed by atoms with van der Waals surface area (Å²) >= 11 is 0. The van der Waals surface area contributed by atoms with Gasteiger partial charge in [-0.15, -0.1) is 12.4 Å². The van der Waals surface area contributed by atoms with Crippen LogP contribution in [0.1, 0.15) is 0 Å². The third kappa shape index (κ3) is 4.84. The van der Waals surface area contributed by atoms with Gasteiger partial charge in [-0.2, -0.15) is 0 Å². The zero-order valence-corrected chi connectivity index (χ0v) is 15.0. The van der Waals surface area contributed by atoms with Crippen molar-refractivity contribution in [1.82, 2.24) is 9.62 Å². The first-order valence-corrected chi connectivity index (χ1v) is 7.82. The van der Waals surface area contributed by atoms with Gasteiger partial charge in [0.25, 0.3) is 0 Å². The second kappa shape index (κ2) is 8.33. The number of carbonyl (C=O) groups excluding carboxylic acids is 1. The van der Waals surface area contributed by atoms with Crippen molar-refractivity contribution < 1.29 is 13.2 Å². The van der Waals surface area contributed by atoms with Gasteiger partial charge in [-0.25, -0.2) is 12.7 Å². The molecule has 22 heavy (non-hydrogen) atoms. The number of hydrogen-bond acceptors (Lipinski definition) is 5. The highest BCUT2D eigenvalue weighted by Crippen LogP contribution is 2.28. The molecule has 7 nitrogen and oxygen atoms in total. The molecule has 0 heterocycles. The summed E-state index contributed by atoms with van der Waals surface area (Å²) < 4.78 is 25.5. The van der Waals surface area contributed by atoms with Crippen LogP contribution in [0.2, 0.25) is 0 Å². The number of carbonyl (C=O) groups is 1. The van der Waals surface area contributed by atoms with Crippen molar-refractivity contribution in [2.24, 2.45) is 0 Å². The third-order valence-corrected chi connectivity index (χ3v) is 4.65. The number of hydrogen-bond donors (Lipinski definition) is 2. The molecule has 2 N–H and O–H groups in total. The van der Waals surface area contributed by atoms with Crippen LogP contribution in [0.25, 0.3) is 0 Å². The highest BCUT2D eigenvalue weighted by Gasteiger charge is 2.19. The number of benzene rings is 1. The Hall–Kier alpha value is -1.35. The van der Waals surface area contributed by atoms with E-state index in [1.807, 2.05) is 14.1 Å². The van der Waals surface area contributed by atoms with Crippen molar-refractivity contribution in [2.45, 2.75) is 4.90 Å². The number of likely N-dealkylation sites (N-methyl/N-ethyl adjacent to an activating group) is 1. The van der Waals surface area contributed by atoms with E-state index in [0.717, 1.165) is 9.99 Å². The first-order valence-electron chi connectivity index (χ1n) is 6.38. The maximum Gasteiger partial charge on any atom is 0.242 e. The molecule has 9 heteroatoms. The third-order valence-electron chi connectivity index (χ3n) is 2.84. The van der Waals surface area contributed by atoms with Gasteiger partial charge in [0.1, 0.15) is 0 Å². The van der Waals surface area contributed by atoms with Crippen LogP contribution in [0.15, 0.2) is 23.1 Å². The molecule has 0 radical (unpaired) electrons. The molecule has 1 amide bonds. The maximum absolute atomic E-state index is 12.2. The van der Waals surface area contributed by atoms with Crippen LogP contribution in [0, 0.1) is 0 Å². The summed E-state index contributed by atoms with van der Waals surface area (Å²) in [7, 11) is 4.70. The fraction of sp³-hybridized carbons (Fsp3) is 0.462. The van der Waals surface area contributed by atoms with Crippen LogP contribution < -0.4 is 15.5 Å². The van der Waals surface area contributed by atoms with E-state index in [4.69, 9.17) is 0 Å². The van der Waals surface area contributed by atoms with Crippen LogP contribution in [-0.2, 0) is 14.8 Å². The van der Waals surface area contributed by atoms with Crippen molar-refractivity contribution in [3.8, 4) is 0 Å². The average Bonchev–Trinajstić information content (AvgIpc) is 2.38. The fourth-order valence-electron chi connectivity index (χ4n) is 1.73. The van der Waals surface area contributed by atoms with E-state index < -0.39 is 10.0 Å². The lowest BCUT2D eigenvalue weighted by molar-refractivity contribution is -0.115. The molecule has 0 aromatic heterocycles. The summed E-state index contributed by atoms with van der Waals surface area (Å²) in [6.07, 6.45) is 0. The molecule has 0 bridgehead atoms. The molecule has 0 saturated carbocycles. The van der Waals surface area contributed by atoms with Gasteiger partial charge in [-0.3, -0.25) is 4.79 Å². The summed E-state index contributed by atoms with van der Waals surface area (Å²) in [6, 6.07) is 4.67. The molecule has 0 saturated heterocycles. The van der Waals surface area contributed by atoms with E-state index >= 15 is 0 Å². The Labute approximate surface area is 138 Å². The minimum atomic E-state index is -3.54. The molecule has 0 aliphatic rings. The number of rotatable bonds is 6. The largest absolute Gasteiger partial charge is 0.376 e. The van der Waals surface area contributed by atoms with Gasteiger partial charge in [-0.05, 0) is 25.2 Å². The monoisotopic (exact) mass is 350 g/mol. The number of nitrogens with one attached hydrogen (secondary N) is 2. The second-order valence-corrected chi connectivity index (χ2v) is 7.09. The summed E-state index contributed by atoms with van der Waals surface area (Å²) in [5.74, 6) is -0.236. The summed E-state index contributed by atoms with van der Waals surface area (Å²) in [6.45, 7) is 0.150. The zero-order valence-electron chi connectivity index (χ0n) is 13.4. The minimum Gasteiger partial charge on any atom is -0.376 e. The van der Waals surface area contributed by atoms with E-state index in [9.17, 15) is 13.2 Å². The Balaban J connectivity index is 0.00000441. The smallest absolute Gasteiger partial charge is 0.242 e. The first-order chi connectivity index (χ1) is 9.70. The van der Waals surface area contributed by atoms with Gasteiger partial charge in [-0.1, -0.05) is 0 Å². The van der Waals surface area contributed by atoms with Crippen LogP contribution in [0.3, 0.4) is 0 Å². The van der Waals surface area contributed by atoms with Crippen molar-refractivity contribution in [3.63, 3.8) is 0 Å². The SMILES string of the molecule is CNCC(=O)Nc1cc(S(=O)(=O)N(C)C)ccc1N(C)C.Cl. The lowest BCUT2D eigenvalue weighted by Gasteiger charge is -2.20. The van der Waals surface area contributed by atoms with Crippen molar-refractivity contribution in [2.75, 3.05) is 52.0 Å². The number of halogens is 1. The predicted octanol–water partition coefficient (Wildman–Crippen LogP) is 0.583. The van der Waals surface area contributed by atoms with Crippen molar-refractivity contribution in [1.29, 1.82) is 0 Å². The molecule has 0 aliphatic carbocycles. The van der Waals surface area contributed by atoms with Gasteiger partial charge in [0, 0.05) is 28.2 Å². The molecular formula is C13H23ClN4O3S. The standard InChI is InChI=1S/C13H22N4O3S.ClH/c1-14-9-13(18)15-11-8-10(21(19,20)17(4)5)6-7-12(11)16(2)3;/h6-8,14H,9H2,1-5H3,(H,15,18);1H. The van der Waals surface area contributed by atoms with E-state index in [1.54, 1.807) is 18.0 Å². The Kier molecular flexibility index (Phi) is 7.82. The van der Waals surface area contributed by atoms with Gasteiger partial charge in [0.2, 0.25) is 15.9 Å². The van der Waals surface area contributed by atoms with Gasteiger partial charge in [0.15, 0.2) is 0 Å². The fourth-order valence-corrected chi connectivity index (χ4v) is 2.66. The quantitative estimate of drug-likeness (QED) is 0.784. The van der Waals surface area contributed by atoms with E-state index in [1.165, 1.54) is 26.2 Å². The molecular weight excluding hydrogens is 328 g/mol.